The largest absolute Gasteiger partial charge is 0.481 e. The third kappa shape index (κ3) is 3.77. The third-order valence-electron chi connectivity index (χ3n) is 2.17. The van der Waals surface area contributed by atoms with E-state index in [2.05, 4.69) is 20.5 Å². The second kappa shape index (κ2) is 6.06. The second-order valence-electron chi connectivity index (χ2n) is 3.57. The molecule has 0 aliphatic heterocycles. The monoisotopic (exact) mass is 264 g/mol. The predicted molar refractivity (Wildman–Crippen MR) is 67.4 cm³/mol. The van der Waals surface area contributed by atoms with Crippen LogP contribution < -0.4 is 5.32 Å². The molecule has 0 spiro atoms. The fourth-order valence-electron chi connectivity index (χ4n) is 1.31. The lowest BCUT2D eigenvalue weighted by molar-refractivity contribution is -0.136. The van der Waals surface area contributed by atoms with Crippen molar-refractivity contribution >= 4 is 22.4 Å². The minimum absolute atomic E-state index is 0.0782. The first-order chi connectivity index (χ1) is 8.74. The van der Waals surface area contributed by atoms with E-state index in [4.69, 9.17) is 5.11 Å². The number of rotatable bonds is 6. The van der Waals surface area contributed by atoms with Crippen LogP contribution >= 0.6 is 11.3 Å². The Bertz CT molecular complexity index is 515. The number of aromatic nitrogens is 3. The molecule has 0 atom stereocenters. The third-order valence-corrected chi connectivity index (χ3v) is 3.11. The summed E-state index contributed by atoms with van der Waals surface area (Å²) in [5, 5.41) is 20.9. The zero-order chi connectivity index (χ0) is 12.8. The van der Waals surface area contributed by atoms with Crippen molar-refractivity contribution in [1.29, 1.82) is 0 Å². The van der Waals surface area contributed by atoms with Crippen LogP contribution in [0.25, 0.3) is 0 Å². The van der Waals surface area contributed by atoms with Crippen LogP contribution in [0.4, 0.5) is 5.13 Å². The van der Waals surface area contributed by atoms with Gasteiger partial charge in [0.05, 0.1) is 18.7 Å². The number of anilines is 1. The molecular weight excluding hydrogens is 252 g/mol. The number of aryl methyl sites for hydroxylation is 1. The molecule has 0 aliphatic rings. The molecule has 2 N–H and O–H groups in total. The summed E-state index contributed by atoms with van der Waals surface area (Å²) in [5.74, 6) is -0.826. The van der Waals surface area contributed by atoms with Gasteiger partial charge in [-0.05, 0) is 12.1 Å². The van der Waals surface area contributed by atoms with Gasteiger partial charge in [0.25, 0.3) is 0 Å². The number of carboxylic acids is 1. The lowest BCUT2D eigenvalue weighted by atomic mass is 10.3. The van der Waals surface area contributed by atoms with Crippen molar-refractivity contribution in [3.05, 3.63) is 35.1 Å². The SMILES string of the molecule is O=C(O)CCc1nnc(NCc2ccccn2)s1. The van der Waals surface area contributed by atoms with Crippen LogP contribution in [-0.4, -0.2) is 26.3 Å². The van der Waals surface area contributed by atoms with E-state index in [0.29, 0.717) is 18.1 Å². The first-order valence-corrected chi connectivity index (χ1v) is 6.23. The van der Waals surface area contributed by atoms with E-state index in [-0.39, 0.29) is 6.42 Å². The van der Waals surface area contributed by atoms with Gasteiger partial charge in [-0.25, -0.2) is 0 Å². The summed E-state index contributed by atoms with van der Waals surface area (Å²) in [6.07, 6.45) is 2.22. The molecule has 0 saturated carbocycles. The molecule has 0 saturated heterocycles. The summed E-state index contributed by atoms with van der Waals surface area (Å²) in [6, 6.07) is 5.69. The van der Waals surface area contributed by atoms with Crippen molar-refractivity contribution < 1.29 is 9.90 Å². The van der Waals surface area contributed by atoms with Crippen molar-refractivity contribution in [3.8, 4) is 0 Å². The van der Waals surface area contributed by atoms with Gasteiger partial charge in [-0.2, -0.15) is 0 Å². The number of carboxylic acid groups (broad SMARTS) is 1. The molecule has 6 nitrogen and oxygen atoms in total. The molecule has 94 valence electrons. The molecule has 2 rings (SSSR count). The number of nitrogens with zero attached hydrogens (tertiary/aromatic N) is 3. The molecule has 0 unspecified atom stereocenters. The highest BCUT2D eigenvalue weighted by atomic mass is 32.1. The minimum atomic E-state index is -0.826. The highest BCUT2D eigenvalue weighted by Crippen LogP contribution is 2.17. The Morgan fingerprint density at radius 1 is 1.39 bits per heavy atom. The first kappa shape index (κ1) is 12.4. The van der Waals surface area contributed by atoms with Gasteiger partial charge in [0.15, 0.2) is 0 Å². The van der Waals surface area contributed by atoms with Crippen molar-refractivity contribution in [2.45, 2.75) is 19.4 Å². The molecular formula is C11H12N4O2S. The quantitative estimate of drug-likeness (QED) is 0.823. The molecule has 0 aromatic carbocycles. The summed E-state index contributed by atoms with van der Waals surface area (Å²) in [5.41, 5.74) is 0.916. The number of hydrogen-bond donors (Lipinski definition) is 2. The number of aliphatic carboxylic acids is 1. The Balaban J connectivity index is 1.85. The summed E-state index contributed by atoms with van der Waals surface area (Å²) in [6.45, 7) is 0.578. The Morgan fingerprint density at radius 2 is 2.28 bits per heavy atom. The normalized spacial score (nSPS) is 10.2. The van der Waals surface area contributed by atoms with Gasteiger partial charge >= 0.3 is 5.97 Å². The highest BCUT2D eigenvalue weighted by molar-refractivity contribution is 7.15. The van der Waals surface area contributed by atoms with Crippen LogP contribution in [0.3, 0.4) is 0 Å². The Labute approximate surface area is 108 Å². The van der Waals surface area contributed by atoms with E-state index in [9.17, 15) is 4.79 Å². The maximum Gasteiger partial charge on any atom is 0.303 e. The maximum absolute atomic E-state index is 10.4. The number of carbonyl (C=O) groups is 1. The average molecular weight is 264 g/mol. The molecule has 2 heterocycles. The smallest absolute Gasteiger partial charge is 0.303 e. The number of nitrogens with one attached hydrogen (secondary N) is 1. The van der Waals surface area contributed by atoms with Gasteiger partial charge in [-0.3, -0.25) is 9.78 Å². The van der Waals surface area contributed by atoms with Gasteiger partial charge in [-0.1, -0.05) is 17.4 Å². The molecule has 0 aliphatic carbocycles. The number of hydrogen-bond acceptors (Lipinski definition) is 6. The summed E-state index contributed by atoms with van der Waals surface area (Å²) >= 11 is 1.37. The van der Waals surface area contributed by atoms with E-state index < -0.39 is 5.97 Å². The van der Waals surface area contributed by atoms with E-state index >= 15 is 0 Å². The Morgan fingerprint density at radius 3 is 3.00 bits per heavy atom. The fraction of sp³-hybridized carbons (Fsp3) is 0.273. The van der Waals surface area contributed by atoms with Crippen molar-refractivity contribution in [2.75, 3.05) is 5.32 Å². The fourth-order valence-corrected chi connectivity index (χ4v) is 2.04. The average Bonchev–Trinajstić information content (AvgIpc) is 2.83. The molecule has 18 heavy (non-hydrogen) atoms. The van der Waals surface area contributed by atoms with Crippen LogP contribution in [0, 0.1) is 0 Å². The second-order valence-corrected chi connectivity index (χ2v) is 4.63. The van der Waals surface area contributed by atoms with Gasteiger partial charge in [0.2, 0.25) is 5.13 Å². The molecule has 2 aromatic heterocycles. The van der Waals surface area contributed by atoms with Crippen molar-refractivity contribution in [2.24, 2.45) is 0 Å². The minimum Gasteiger partial charge on any atom is -0.481 e. The summed E-state index contributed by atoms with van der Waals surface area (Å²) in [4.78, 5) is 14.6. The molecule has 0 radical (unpaired) electrons. The molecule has 2 aromatic rings. The Kier molecular flexibility index (Phi) is 4.19. The highest BCUT2D eigenvalue weighted by Gasteiger charge is 2.06. The first-order valence-electron chi connectivity index (χ1n) is 5.42. The van der Waals surface area contributed by atoms with Crippen molar-refractivity contribution in [3.63, 3.8) is 0 Å². The summed E-state index contributed by atoms with van der Waals surface area (Å²) < 4.78 is 0. The molecule has 0 amide bonds. The van der Waals surface area contributed by atoms with Crippen LogP contribution in [-0.2, 0) is 17.8 Å². The van der Waals surface area contributed by atoms with Crippen LogP contribution in [0.2, 0.25) is 0 Å². The standard InChI is InChI=1S/C11H12N4O2S/c16-10(17)5-4-9-14-15-11(18-9)13-7-8-3-1-2-6-12-8/h1-3,6H,4-5,7H2,(H,13,15)(H,16,17). The number of pyridine rings is 1. The van der Waals surface area contributed by atoms with Gasteiger partial charge < -0.3 is 10.4 Å². The maximum atomic E-state index is 10.4. The lowest BCUT2D eigenvalue weighted by Crippen LogP contribution is -2.00. The van der Waals surface area contributed by atoms with E-state index in [1.54, 1.807) is 6.20 Å². The topological polar surface area (TPSA) is 88.0 Å². The van der Waals surface area contributed by atoms with Gasteiger partial charge in [0, 0.05) is 12.6 Å². The lowest BCUT2D eigenvalue weighted by Gasteiger charge is -1.99. The van der Waals surface area contributed by atoms with Crippen molar-refractivity contribution in [1.82, 2.24) is 15.2 Å². The molecule has 0 bridgehead atoms. The zero-order valence-electron chi connectivity index (χ0n) is 9.54. The molecule has 7 heteroatoms. The predicted octanol–water partition coefficient (Wildman–Crippen LogP) is 1.56. The van der Waals surface area contributed by atoms with Crippen LogP contribution in [0.1, 0.15) is 17.1 Å². The van der Waals surface area contributed by atoms with E-state index in [0.717, 1.165) is 10.7 Å². The molecule has 0 fully saturated rings. The van der Waals surface area contributed by atoms with E-state index in [1.165, 1.54) is 11.3 Å². The summed E-state index contributed by atoms with van der Waals surface area (Å²) in [7, 11) is 0. The Hall–Kier alpha value is -2.02. The van der Waals surface area contributed by atoms with E-state index in [1.807, 2.05) is 18.2 Å². The van der Waals surface area contributed by atoms with Crippen LogP contribution in [0.15, 0.2) is 24.4 Å². The van der Waals surface area contributed by atoms with Crippen LogP contribution in [0.5, 0.6) is 0 Å². The van der Waals surface area contributed by atoms with Gasteiger partial charge in [0.1, 0.15) is 5.01 Å². The zero-order valence-corrected chi connectivity index (χ0v) is 10.4. The van der Waals surface area contributed by atoms with Gasteiger partial charge in [-0.15, -0.1) is 10.2 Å².